The Kier molecular flexibility index (Phi) is 5.30. The van der Waals surface area contributed by atoms with Gasteiger partial charge in [0.05, 0.1) is 5.54 Å². The Bertz CT molecular complexity index is 719. The summed E-state index contributed by atoms with van der Waals surface area (Å²) in [5.74, 6) is 0. The molecule has 0 fully saturated rings. The van der Waals surface area contributed by atoms with E-state index >= 15 is 0 Å². The van der Waals surface area contributed by atoms with E-state index in [1.807, 2.05) is 20.0 Å². The van der Waals surface area contributed by atoms with Gasteiger partial charge in [-0.3, -0.25) is 0 Å². The Morgan fingerprint density at radius 3 is 2.29 bits per heavy atom. The molecule has 1 aromatic rings. The highest BCUT2D eigenvalue weighted by Gasteiger charge is 2.34. The lowest BCUT2D eigenvalue weighted by molar-refractivity contribution is 0.313. The van der Waals surface area contributed by atoms with E-state index < -0.39 is 0 Å². The summed E-state index contributed by atoms with van der Waals surface area (Å²) in [4.78, 5) is 2.18. The molecule has 2 nitrogen and oxygen atoms in total. The van der Waals surface area contributed by atoms with E-state index in [1.165, 1.54) is 11.1 Å². The second kappa shape index (κ2) is 7.06. The van der Waals surface area contributed by atoms with Crippen molar-refractivity contribution in [2.24, 2.45) is 0 Å². The number of allylic oxidation sites excluding steroid dienone is 3. The summed E-state index contributed by atoms with van der Waals surface area (Å²) >= 11 is 0. The number of rotatable bonds is 6. The molecule has 0 saturated heterocycles. The third kappa shape index (κ3) is 3.29. The Morgan fingerprint density at radius 1 is 1.17 bits per heavy atom. The first-order valence-corrected chi connectivity index (χ1v) is 8.24. The van der Waals surface area contributed by atoms with Gasteiger partial charge in [-0.25, -0.2) is 0 Å². The van der Waals surface area contributed by atoms with Crippen LogP contribution >= 0.6 is 0 Å². The minimum atomic E-state index is -0.349. The smallest absolute Gasteiger partial charge is 0.0824 e. The lowest BCUT2D eigenvalue weighted by Gasteiger charge is -2.41. The molecule has 1 aromatic carbocycles. The number of hydrogen-bond acceptors (Lipinski definition) is 2. The molecule has 1 unspecified atom stereocenters. The van der Waals surface area contributed by atoms with Crippen molar-refractivity contribution in [2.45, 2.75) is 26.3 Å². The maximum Gasteiger partial charge on any atom is 0.0824 e. The van der Waals surface area contributed by atoms with Gasteiger partial charge in [-0.15, -0.1) is 0 Å². The zero-order chi connectivity index (χ0) is 17.9. The fourth-order valence-corrected chi connectivity index (χ4v) is 3.12. The standard InChI is InChI=1S/C22H28N2/c1-16(2)21-9-8-14-24(19(21)6)15-22(23-7,17(3)4)20-12-10-18(5)11-13-20/h8-14,23H,1,3,6,15H2,2,4-5,7H3. The normalized spacial score (nSPS) is 16.6. The average Bonchev–Trinajstić information content (AvgIpc) is 2.54. The molecule has 126 valence electrons. The third-order valence-electron chi connectivity index (χ3n) is 4.75. The van der Waals surface area contributed by atoms with Gasteiger partial charge in [0.15, 0.2) is 0 Å². The maximum atomic E-state index is 4.27. The van der Waals surface area contributed by atoms with E-state index in [4.69, 9.17) is 0 Å². The number of aryl methyl sites for hydroxylation is 1. The topological polar surface area (TPSA) is 15.3 Å². The van der Waals surface area contributed by atoms with Gasteiger partial charge in [0.25, 0.3) is 0 Å². The SMILES string of the molecule is C=C(C)C1=CC=CN(CC(NC)(C(=C)C)c2ccc(C)cc2)C1=C. The van der Waals surface area contributed by atoms with Gasteiger partial charge in [0.2, 0.25) is 0 Å². The Balaban J connectivity index is 2.41. The molecule has 2 rings (SSSR count). The number of benzene rings is 1. The number of hydrogen-bond donors (Lipinski definition) is 1. The van der Waals surface area contributed by atoms with Crippen LogP contribution in [0.15, 0.2) is 84.8 Å². The minimum absolute atomic E-state index is 0.349. The summed E-state index contributed by atoms with van der Waals surface area (Å²) in [6.07, 6.45) is 6.18. The van der Waals surface area contributed by atoms with Crippen LogP contribution in [0.3, 0.4) is 0 Å². The second-order valence-electron chi connectivity index (χ2n) is 6.58. The van der Waals surface area contributed by atoms with E-state index in [2.05, 4.69) is 80.3 Å². The summed E-state index contributed by atoms with van der Waals surface area (Å²) in [5, 5.41) is 3.50. The van der Waals surface area contributed by atoms with Crippen LogP contribution in [-0.2, 0) is 5.54 Å². The highest BCUT2D eigenvalue weighted by atomic mass is 15.2. The summed E-state index contributed by atoms with van der Waals surface area (Å²) in [7, 11) is 1.99. The van der Waals surface area contributed by atoms with Crippen LogP contribution in [0.25, 0.3) is 0 Å². The molecule has 0 radical (unpaired) electrons. The van der Waals surface area contributed by atoms with E-state index in [-0.39, 0.29) is 5.54 Å². The quantitative estimate of drug-likeness (QED) is 0.755. The fraction of sp³-hybridized carbons (Fsp3) is 0.273. The molecule has 2 heteroatoms. The highest BCUT2D eigenvalue weighted by Crippen LogP contribution is 2.33. The lowest BCUT2D eigenvalue weighted by Crippen LogP contribution is -2.49. The van der Waals surface area contributed by atoms with Crippen molar-refractivity contribution < 1.29 is 0 Å². The van der Waals surface area contributed by atoms with Gasteiger partial charge in [-0.2, -0.15) is 0 Å². The molecule has 1 aliphatic rings. The van der Waals surface area contributed by atoms with Crippen molar-refractivity contribution in [2.75, 3.05) is 13.6 Å². The van der Waals surface area contributed by atoms with Crippen molar-refractivity contribution in [1.82, 2.24) is 10.2 Å². The van der Waals surface area contributed by atoms with Crippen LogP contribution in [0, 0.1) is 6.92 Å². The Hall–Kier alpha value is -2.32. The van der Waals surface area contributed by atoms with Crippen molar-refractivity contribution in [3.8, 4) is 0 Å². The highest BCUT2D eigenvalue weighted by molar-refractivity contribution is 5.48. The number of nitrogens with one attached hydrogen (secondary N) is 1. The van der Waals surface area contributed by atoms with Gasteiger partial charge in [-0.05, 0) is 50.6 Å². The third-order valence-corrected chi connectivity index (χ3v) is 4.75. The van der Waals surface area contributed by atoms with Crippen LogP contribution in [0.2, 0.25) is 0 Å². The summed E-state index contributed by atoms with van der Waals surface area (Å²) in [6.45, 7) is 19.5. The van der Waals surface area contributed by atoms with E-state index in [9.17, 15) is 0 Å². The summed E-state index contributed by atoms with van der Waals surface area (Å²) in [6, 6.07) is 8.63. The van der Waals surface area contributed by atoms with Gasteiger partial charge in [0.1, 0.15) is 0 Å². The molecule has 24 heavy (non-hydrogen) atoms. The summed E-state index contributed by atoms with van der Waals surface area (Å²) in [5.41, 5.74) is 6.26. The molecule has 1 N–H and O–H groups in total. The molecule has 1 aliphatic heterocycles. The number of nitrogens with zero attached hydrogens (tertiary/aromatic N) is 1. The zero-order valence-corrected chi connectivity index (χ0v) is 15.3. The lowest BCUT2D eigenvalue weighted by atomic mass is 9.82. The molecule has 0 saturated carbocycles. The predicted molar refractivity (Wildman–Crippen MR) is 105 cm³/mol. The first kappa shape index (κ1) is 18.0. The first-order valence-electron chi connectivity index (χ1n) is 8.24. The number of likely N-dealkylation sites (N-methyl/N-ethyl adjacent to an activating group) is 1. The zero-order valence-electron chi connectivity index (χ0n) is 15.3. The molecule has 0 spiro atoms. The van der Waals surface area contributed by atoms with E-state index in [1.54, 1.807) is 0 Å². The van der Waals surface area contributed by atoms with Crippen LogP contribution in [0.5, 0.6) is 0 Å². The van der Waals surface area contributed by atoms with Crippen molar-refractivity contribution in [1.29, 1.82) is 0 Å². The first-order chi connectivity index (χ1) is 11.3. The van der Waals surface area contributed by atoms with Gasteiger partial charge < -0.3 is 10.2 Å². The average molecular weight is 320 g/mol. The molecule has 1 heterocycles. The molecule has 0 aliphatic carbocycles. The molecular weight excluding hydrogens is 292 g/mol. The largest absolute Gasteiger partial charge is 0.345 e. The molecule has 0 amide bonds. The van der Waals surface area contributed by atoms with Crippen molar-refractivity contribution in [3.05, 3.63) is 95.9 Å². The van der Waals surface area contributed by atoms with Crippen molar-refractivity contribution >= 4 is 0 Å². The molecule has 1 atom stereocenters. The van der Waals surface area contributed by atoms with Crippen LogP contribution in [0.4, 0.5) is 0 Å². The van der Waals surface area contributed by atoms with Gasteiger partial charge in [-0.1, -0.05) is 61.2 Å². The minimum Gasteiger partial charge on any atom is -0.345 e. The molecule has 0 aromatic heterocycles. The second-order valence-corrected chi connectivity index (χ2v) is 6.58. The van der Waals surface area contributed by atoms with E-state index in [0.717, 1.165) is 29.0 Å². The van der Waals surface area contributed by atoms with E-state index in [0.29, 0.717) is 0 Å². The predicted octanol–water partition coefficient (Wildman–Crippen LogP) is 4.83. The van der Waals surface area contributed by atoms with Crippen LogP contribution in [-0.4, -0.2) is 18.5 Å². The van der Waals surface area contributed by atoms with Crippen LogP contribution in [0.1, 0.15) is 25.0 Å². The van der Waals surface area contributed by atoms with Gasteiger partial charge >= 0.3 is 0 Å². The fourth-order valence-electron chi connectivity index (χ4n) is 3.12. The molecular formula is C22H28N2. The maximum absolute atomic E-state index is 4.27. The Labute approximate surface area is 146 Å². The monoisotopic (exact) mass is 320 g/mol. The summed E-state index contributed by atoms with van der Waals surface area (Å²) < 4.78 is 0. The van der Waals surface area contributed by atoms with Crippen LogP contribution < -0.4 is 5.32 Å². The van der Waals surface area contributed by atoms with Crippen molar-refractivity contribution in [3.63, 3.8) is 0 Å². The Morgan fingerprint density at radius 2 is 1.79 bits per heavy atom. The van der Waals surface area contributed by atoms with Gasteiger partial charge in [0, 0.05) is 18.4 Å². The molecule has 0 bridgehead atoms.